The van der Waals surface area contributed by atoms with Crippen molar-refractivity contribution in [3.05, 3.63) is 58.8 Å². The summed E-state index contributed by atoms with van der Waals surface area (Å²) < 4.78 is 6.55. The van der Waals surface area contributed by atoms with Gasteiger partial charge in [0.25, 0.3) is 0 Å². The van der Waals surface area contributed by atoms with Gasteiger partial charge in [-0.1, -0.05) is 11.2 Å². The Hall–Kier alpha value is -2.67. The molecular weight excluding hydrogens is 318 g/mol. The number of halogens is 1. The lowest BCUT2D eigenvalue weighted by atomic mass is 10.2. The van der Waals surface area contributed by atoms with Crippen LogP contribution in [0.4, 0.5) is 5.82 Å². The number of carbonyl (C=O) groups excluding carboxylic acids is 1. The lowest BCUT2D eigenvalue weighted by Gasteiger charge is -2.02. The molecule has 3 aromatic rings. The zero-order valence-corrected chi connectivity index (χ0v) is 13.1. The fourth-order valence-electron chi connectivity index (χ4n) is 2.10. The largest absolute Gasteiger partial charge is 0.344 e. The van der Waals surface area contributed by atoms with Gasteiger partial charge in [-0.25, -0.2) is 0 Å². The van der Waals surface area contributed by atoms with Crippen LogP contribution in [-0.2, 0) is 17.8 Å². The van der Waals surface area contributed by atoms with Crippen molar-refractivity contribution >= 4 is 23.3 Å². The summed E-state index contributed by atoms with van der Waals surface area (Å²) in [5.74, 6) is 0.244. The van der Waals surface area contributed by atoms with Gasteiger partial charge >= 0.3 is 0 Å². The molecule has 0 radical (unpaired) electrons. The van der Waals surface area contributed by atoms with Crippen molar-refractivity contribution in [1.29, 1.82) is 0 Å². The van der Waals surface area contributed by atoms with E-state index < -0.39 is 0 Å². The van der Waals surface area contributed by atoms with Crippen LogP contribution in [0, 0.1) is 6.92 Å². The Morgan fingerprint density at radius 2 is 2.30 bits per heavy atom. The van der Waals surface area contributed by atoms with Gasteiger partial charge in [0.1, 0.15) is 0 Å². The van der Waals surface area contributed by atoms with Gasteiger partial charge in [-0.3, -0.25) is 14.5 Å². The molecule has 1 N–H and O–H groups in total. The third kappa shape index (κ3) is 3.75. The molecule has 0 atom stereocenters. The van der Waals surface area contributed by atoms with Crippen LogP contribution in [0.15, 0.2) is 41.3 Å². The van der Waals surface area contributed by atoms with Crippen LogP contribution in [0.2, 0.25) is 5.22 Å². The van der Waals surface area contributed by atoms with Gasteiger partial charge in [-0.05, 0) is 30.2 Å². The first-order valence-electron chi connectivity index (χ1n) is 6.94. The summed E-state index contributed by atoms with van der Waals surface area (Å²) in [6.45, 7) is 2.32. The molecule has 0 spiro atoms. The Kier molecular flexibility index (Phi) is 4.38. The number of rotatable bonds is 5. The normalized spacial score (nSPS) is 10.7. The molecule has 7 nitrogen and oxygen atoms in total. The number of anilines is 1. The van der Waals surface area contributed by atoms with Crippen LogP contribution in [-0.4, -0.2) is 25.8 Å². The van der Waals surface area contributed by atoms with Crippen molar-refractivity contribution < 1.29 is 9.32 Å². The first-order chi connectivity index (χ1) is 11.1. The Morgan fingerprint density at radius 3 is 3.00 bits per heavy atom. The molecule has 0 aliphatic carbocycles. The first kappa shape index (κ1) is 15.2. The fraction of sp³-hybridized carbons (Fsp3) is 0.200. The van der Waals surface area contributed by atoms with E-state index in [1.807, 2.05) is 12.1 Å². The number of nitrogens with zero attached hydrogens (tertiary/aromatic N) is 4. The highest BCUT2D eigenvalue weighted by Crippen LogP contribution is 2.19. The molecule has 0 unspecified atom stereocenters. The molecule has 1 amide bonds. The summed E-state index contributed by atoms with van der Waals surface area (Å²) in [4.78, 5) is 16.1. The number of aryl methyl sites for hydroxylation is 1. The maximum Gasteiger partial charge on any atom is 0.230 e. The topological polar surface area (TPSA) is 85.8 Å². The highest BCUT2D eigenvalue weighted by Gasteiger charge is 2.15. The van der Waals surface area contributed by atoms with E-state index in [4.69, 9.17) is 16.1 Å². The maximum absolute atomic E-state index is 12.1. The number of hydrogen-bond acceptors (Lipinski definition) is 5. The van der Waals surface area contributed by atoms with Crippen molar-refractivity contribution in [3.8, 4) is 0 Å². The van der Waals surface area contributed by atoms with Gasteiger partial charge in [0, 0.05) is 30.2 Å². The molecule has 23 heavy (non-hydrogen) atoms. The number of hydrogen-bond donors (Lipinski definition) is 1. The molecule has 0 aromatic carbocycles. The van der Waals surface area contributed by atoms with Crippen LogP contribution >= 0.6 is 11.6 Å². The number of nitrogens with one attached hydrogen (secondary N) is 1. The van der Waals surface area contributed by atoms with Crippen molar-refractivity contribution in [3.63, 3.8) is 0 Å². The van der Waals surface area contributed by atoms with E-state index in [2.05, 4.69) is 20.6 Å². The third-order valence-electron chi connectivity index (χ3n) is 3.25. The summed E-state index contributed by atoms with van der Waals surface area (Å²) in [6, 6.07) is 5.56. The SMILES string of the molecule is Cc1noc(Cl)c1CC(=O)Nc1ccn(Cc2cccnc2)n1. The zero-order valence-electron chi connectivity index (χ0n) is 12.4. The zero-order chi connectivity index (χ0) is 16.2. The van der Waals surface area contributed by atoms with E-state index >= 15 is 0 Å². The molecule has 8 heteroatoms. The Labute approximate surface area is 137 Å². The minimum atomic E-state index is -0.232. The smallest absolute Gasteiger partial charge is 0.230 e. The van der Waals surface area contributed by atoms with Crippen molar-refractivity contribution in [2.75, 3.05) is 5.32 Å². The number of pyridine rings is 1. The lowest BCUT2D eigenvalue weighted by molar-refractivity contribution is -0.115. The monoisotopic (exact) mass is 331 g/mol. The molecule has 0 bridgehead atoms. The van der Waals surface area contributed by atoms with Crippen LogP contribution in [0.5, 0.6) is 0 Å². The molecule has 0 saturated carbocycles. The van der Waals surface area contributed by atoms with Crippen molar-refractivity contribution in [2.45, 2.75) is 19.9 Å². The van der Waals surface area contributed by atoms with Gasteiger partial charge in [0.15, 0.2) is 5.82 Å². The van der Waals surface area contributed by atoms with Crippen LogP contribution in [0.3, 0.4) is 0 Å². The lowest BCUT2D eigenvalue weighted by Crippen LogP contribution is -2.15. The predicted octanol–water partition coefficient (Wildman–Crippen LogP) is 2.46. The minimum Gasteiger partial charge on any atom is -0.344 e. The standard InChI is InChI=1S/C15H14ClN5O2/c1-10-12(15(16)23-20-10)7-14(22)18-13-4-6-21(19-13)9-11-3-2-5-17-8-11/h2-6,8H,7,9H2,1H3,(H,18,19,22). The average molecular weight is 332 g/mol. The average Bonchev–Trinajstić information content (AvgIpc) is 3.09. The van der Waals surface area contributed by atoms with Crippen molar-refractivity contribution in [1.82, 2.24) is 19.9 Å². The summed E-state index contributed by atoms with van der Waals surface area (Å²) in [7, 11) is 0. The summed E-state index contributed by atoms with van der Waals surface area (Å²) in [5.41, 5.74) is 2.21. The second-order valence-electron chi connectivity index (χ2n) is 5.01. The Balaban J connectivity index is 1.61. The highest BCUT2D eigenvalue weighted by atomic mass is 35.5. The Bertz CT molecular complexity index is 793. The van der Waals surface area contributed by atoms with E-state index in [1.165, 1.54) is 0 Å². The molecule has 0 aliphatic heterocycles. The third-order valence-corrected chi connectivity index (χ3v) is 3.55. The van der Waals surface area contributed by atoms with Gasteiger partial charge < -0.3 is 9.84 Å². The van der Waals surface area contributed by atoms with Gasteiger partial charge in [0.05, 0.1) is 18.7 Å². The van der Waals surface area contributed by atoms with Crippen LogP contribution in [0.25, 0.3) is 0 Å². The van der Waals surface area contributed by atoms with E-state index in [1.54, 1.807) is 36.3 Å². The maximum atomic E-state index is 12.1. The minimum absolute atomic E-state index is 0.0869. The second-order valence-corrected chi connectivity index (χ2v) is 5.35. The van der Waals surface area contributed by atoms with E-state index in [0.29, 0.717) is 23.6 Å². The van der Waals surface area contributed by atoms with Gasteiger partial charge in [0.2, 0.25) is 11.1 Å². The van der Waals surface area contributed by atoms with Gasteiger partial charge in [-0.2, -0.15) is 5.10 Å². The number of carbonyl (C=O) groups is 1. The van der Waals surface area contributed by atoms with Crippen LogP contribution < -0.4 is 5.32 Å². The summed E-state index contributed by atoms with van der Waals surface area (Å²) in [5, 5.41) is 10.9. The number of aromatic nitrogens is 4. The summed E-state index contributed by atoms with van der Waals surface area (Å²) >= 11 is 5.85. The predicted molar refractivity (Wildman–Crippen MR) is 84.1 cm³/mol. The molecule has 118 valence electrons. The Morgan fingerprint density at radius 1 is 1.43 bits per heavy atom. The van der Waals surface area contributed by atoms with E-state index in [9.17, 15) is 4.79 Å². The van der Waals surface area contributed by atoms with Gasteiger partial charge in [-0.15, -0.1) is 0 Å². The fourth-order valence-corrected chi connectivity index (χ4v) is 2.34. The second kappa shape index (κ2) is 6.62. The summed E-state index contributed by atoms with van der Waals surface area (Å²) in [6.07, 6.45) is 5.37. The van der Waals surface area contributed by atoms with Crippen molar-refractivity contribution in [2.24, 2.45) is 0 Å². The molecule has 0 fully saturated rings. The highest BCUT2D eigenvalue weighted by molar-refractivity contribution is 6.29. The molecule has 0 saturated heterocycles. The molecular formula is C15H14ClN5O2. The number of amides is 1. The quantitative estimate of drug-likeness (QED) is 0.776. The van der Waals surface area contributed by atoms with Crippen LogP contribution in [0.1, 0.15) is 16.8 Å². The molecule has 3 heterocycles. The van der Waals surface area contributed by atoms with E-state index in [-0.39, 0.29) is 17.5 Å². The van der Waals surface area contributed by atoms with E-state index in [0.717, 1.165) is 5.56 Å². The molecule has 3 aromatic heterocycles. The molecule has 3 rings (SSSR count). The molecule has 0 aliphatic rings. The first-order valence-corrected chi connectivity index (χ1v) is 7.32.